The minimum absolute atomic E-state index is 0.669. The van der Waals surface area contributed by atoms with Crippen molar-refractivity contribution in [2.24, 2.45) is 0 Å². The largest absolute Gasteiger partial charge is 0.396 e. The normalized spacial score (nSPS) is 10.9. The molecule has 0 aliphatic heterocycles. The summed E-state index contributed by atoms with van der Waals surface area (Å²) in [7, 11) is 0. The molecule has 0 fully saturated rings. The van der Waals surface area contributed by atoms with Gasteiger partial charge in [-0.05, 0) is 30.7 Å². The number of halogens is 1. The van der Waals surface area contributed by atoms with Crippen LogP contribution in [0.2, 0.25) is 5.02 Å². The van der Waals surface area contributed by atoms with Crippen molar-refractivity contribution in [1.82, 2.24) is 4.98 Å². The van der Waals surface area contributed by atoms with Crippen LogP contribution in [0.1, 0.15) is 16.8 Å². The van der Waals surface area contributed by atoms with Crippen molar-refractivity contribution in [3.63, 3.8) is 0 Å². The molecular formula is C16H13ClN2S. The third-order valence-electron chi connectivity index (χ3n) is 3.34. The Morgan fingerprint density at radius 1 is 1.15 bits per heavy atom. The van der Waals surface area contributed by atoms with Gasteiger partial charge in [0.05, 0.1) is 16.2 Å². The minimum Gasteiger partial charge on any atom is -0.396 e. The van der Waals surface area contributed by atoms with Gasteiger partial charge in [0.15, 0.2) is 0 Å². The Labute approximate surface area is 127 Å². The van der Waals surface area contributed by atoms with Gasteiger partial charge < -0.3 is 10.7 Å². The monoisotopic (exact) mass is 300 g/mol. The van der Waals surface area contributed by atoms with Crippen molar-refractivity contribution >= 4 is 45.3 Å². The number of hydrogen-bond acceptors (Lipinski definition) is 2. The van der Waals surface area contributed by atoms with E-state index >= 15 is 0 Å². The maximum atomic E-state index is 6.20. The molecule has 3 N–H and O–H groups in total. The van der Waals surface area contributed by atoms with Crippen LogP contribution < -0.4 is 5.73 Å². The smallest absolute Gasteiger partial charge is 0.0814 e. The maximum Gasteiger partial charge on any atom is 0.0814 e. The van der Waals surface area contributed by atoms with E-state index in [1.54, 1.807) is 0 Å². The number of nitrogens with two attached hydrogens (primary N) is 1. The zero-order chi connectivity index (χ0) is 14.3. The zero-order valence-electron chi connectivity index (χ0n) is 10.9. The van der Waals surface area contributed by atoms with Crippen LogP contribution in [0.5, 0.6) is 0 Å². The lowest BCUT2D eigenvalue weighted by Gasteiger charge is -2.04. The first-order chi connectivity index (χ1) is 9.56. The van der Waals surface area contributed by atoms with E-state index in [0.717, 1.165) is 27.0 Å². The van der Waals surface area contributed by atoms with Crippen molar-refractivity contribution in [2.45, 2.75) is 6.92 Å². The third kappa shape index (κ3) is 2.19. The summed E-state index contributed by atoms with van der Waals surface area (Å²) in [5.41, 5.74) is 10.7. The first kappa shape index (κ1) is 13.2. The van der Waals surface area contributed by atoms with Gasteiger partial charge in [-0.15, -0.1) is 0 Å². The first-order valence-corrected chi connectivity index (χ1v) is 7.03. The Morgan fingerprint density at radius 3 is 2.55 bits per heavy atom. The molecule has 0 bridgehead atoms. The molecule has 1 aromatic heterocycles. The summed E-state index contributed by atoms with van der Waals surface area (Å²) in [6.07, 6.45) is 0. The van der Waals surface area contributed by atoms with Crippen molar-refractivity contribution in [1.29, 1.82) is 0 Å². The standard InChI is InChI=1S/C16H13ClN2S/c1-9-2-4-10(5-3-9)16(20)15-14(18)12-7-6-11(17)8-13(12)19-15/h2-8,19H,18H2,1H3. The molecule has 0 aliphatic carbocycles. The van der Waals surface area contributed by atoms with Crippen molar-refractivity contribution in [2.75, 3.05) is 5.73 Å². The van der Waals surface area contributed by atoms with Crippen molar-refractivity contribution in [3.05, 3.63) is 64.3 Å². The van der Waals surface area contributed by atoms with Gasteiger partial charge in [0.1, 0.15) is 0 Å². The molecule has 20 heavy (non-hydrogen) atoms. The van der Waals surface area contributed by atoms with Gasteiger partial charge in [0.25, 0.3) is 0 Å². The lowest BCUT2D eigenvalue weighted by Crippen LogP contribution is -2.03. The predicted molar refractivity (Wildman–Crippen MR) is 89.7 cm³/mol. The fourth-order valence-electron chi connectivity index (χ4n) is 2.22. The number of anilines is 1. The van der Waals surface area contributed by atoms with Gasteiger partial charge in [-0.3, -0.25) is 0 Å². The van der Waals surface area contributed by atoms with Gasteiger partial charge in [-0.2, -0.15) is 0 Å². The molecule has 2 nitrogen and oxygen atoms in total. The van der Waals surface area contributed by atoms with Crippen LogP contribution in [-0.4, -0.2) is 9.85 Å². The van der Waals surface area contributed by atoms with E-state index in [2.05, 4.69) is 4.98 Å². The summed E-state index contributed by atoms with van der Waals surface area (Å²) >= 11 is 11.5. The number of nitrogens with one attached hydrogen (secondary N) is 1. The molecule has 1 heterocycles. The number of H-pyrrole nitrogens is 1. The molecule has 0 radical (unpaired) electrons. The highest BCUT2D eigenvalue weighted by Crippen LogP contribution is 2.29. The number of nitrogen functional groups attached to an aromatic ring is 1. The number of fused-ring (bicyclic) bond motifs is 1. The van der Waals surface area contributed by atoms with Gasteiger partial charge in [0.2, 0.25) is 0 Å². The lowest BCUT2D eigenvalue weighted by atomic mass is 10.1. The Kier molecular flexibility index (Phi) is 3.24. The molecule has 3 aromatic rings. The Hall–Kier alpha value is -1.84. The second kappa shape index (κ2) is 4.93. The molecule has 0 saturated heterocycles. The molecule has 4 heteroatoms. The number of aromatic amines is 1. The van der Waals surface area contributed by atoms with Gasteiger partial charge >= 0.3 is 0 Å². The highest BCUT2D eigenvalue weighted by Gasteiger charge is 2.14. The summed E-state index contributed by atoms with van der Waals surface area (Å²) in [5.74, 6) is 0. The predicted octanol–water partition coefficient (Wildman–Crippen LogP) is 4.48. The molecule has 0 atom stereocenters. The first-order valence-electron chi connectivity index (χ1n) is 6.24. The zero-order valence-corrected chi connectivity index (χ0v) is 12.5. The Balaban J connectivity index is 2.12. The summed E-state index contributed by atoms with van der Waals surface area (Å²) in [4.78, 5) is 3.98. The van der Waals surface area contributed by atoms with Crippen LogP contribution in [0.15, 0.2) is 42.5 Å². The summed E-state index contributed by atoms with van der Waals surface area (Å²) in [6, 6.07) is 13.7. The van der Waals surface area contributed by atoms with Gasteiger partial charge in [-0.25, -0.2) is 0 Å². The molecule has 0 aliphatic rings. The molecule has 2 aromatic carbocycles. The number of benzene rings is 2. The molecule has 100 valence electrons. The van der Waals surface area contributed by atoms with Crippen molar-refractivity contribution < 1.29 is 0 Å². The molecule has 0 unspecified atom stereocenters. The quantitative estimate of drug-likeness (QED) is 0.541. The second-order valence-corrected chi connectivity index (χ2v) is 5.64. The summed E-state index contributed by atoms with van der Waals surface area (Å²) in [5, 5.41) is 1.62. The van der Waals surface area contributed by atoms with E-state index in [4.69, 9.17) is 29.6 Å². The molecule has 3 rings (SSSR count). The minimum atomic E-state index is 0.669. The highest BCUT2D eigenvalue weighted by atomic mass is 35.5. The van der Waals surface area contributed by atoms with Crippen LogP contribution in [0.3, 0.4) is 0 Å². The van der Waals surface area contributed by atoms with Crippen LogP contribution in [0, 0.1) is 6.92 Å². The number of aryl methyl sites for hydroxylation is 1. The molecule has 0 spiro atoms. The Morgan fingerprint density at radius 2 is 1.85 bits per heavy atom. The number of hydrogen-bond donors (Lipinski definition) is 2. The average Bonchev–Trinajstić information content (AvgIpc) is 2.75. The van der Waals surface area contributed by atoms with Crippen LogP contribution in [0.25, 0.3) is 10.9 Å². The molecule has 0 amide bonds. The second-order valence-electron chi connectivity index (χ2n) is 4.80. The fourth-order valence-corrected chi connectivity index (χ4v) is 2.69. The van der Waals surface area contributed by atoms with Crippen molar-refractivity contribution in [3.8, 4) is 0 Å². The maximum absolute atomic E-state index is 6.20. The number of thiocarbonyl (C=S) groups is 1. The number of rotatable bonds is 2. The van der Waals surface area contributed by atoms with E-state index in [1.807, 2.05) is 49.4 Å². The molecular weight excluding hydrogens is 288 g/mol. The number of aromatic nitrogens is 1. The third-order valence-corrected chi connectivity index (χ3v) is 4.02. The van der Waals surface area contributed by atoms with Gasteiger partial charge in [-0.1, -0.05) is 53.6 Å². The highest BCUT2D eigenvalue weighted by molar-refractivity contribution is 7.81. The van der Waals surface area contributed by atoms with E-state index in [0.29, 0.717) is 10.7 Å². The lowest BCUT2D eigenvalue weighted by molar-refractivity contribution is 1.42. The summed E-state index contributed by atoms with van der Waals surface area (Å²) < 4.78 is 0. The van der Waals surface area contributed by atoms with E-state index in [1.165, 1.54) is 5.56 Å². The van der Waals surface area contributed by atoms with E-state index in [-0.39, 0.29) is 0 Å². The van der Waals surface area contributed by atoms with Crippen LogP contribution in [-0.2, 0) is 0 Å². The summed E-state index contributed by atoms with van der Waals surface area (Å²) in [6.45, 7) is 2.05. The van der Waals surface area contributed by atoms with Crippen LogP contribution in [0.4, 0.5) is 5.69 Å². The fraction of sp³-hybridized carbons (Fsp3) is 0.0625. The Bertz CT molecular complexity index is 803. The van der Waals surface area contributed by atoms with Gasteiger partial charge in [0, 0.05) is 15.9 Å². The van der Waals surface area contributed by atoms with Crippen LogP contribution >= 0.6 is 23.8 Å². The van der Waals surface area contributed by atoms with E-state index in [9.17, 15) is 0 Å². The SMILES string of the molecule is Cc1ccc(C(=S)c2[nH]c3cc(Cl)ccc3c2N)cc1. The molecule has 0 saturated carbocycles. The topological polar surface area (TPSA) is 41.8 Å². The van der Waals surface area contributed by atoms with E-state index < -0.39 is 0 Å². The average molecular weight is 301 g/mol.